The number of nitrogens with zero attached hydrogens (tertiary/aromatic N) is 2. The van der Waals surface area contributed by atoms with Crippen molar-refractivity contribution in [1.29, 1.82) is 0 Å². The molecule has 0 spiro atoms. The second-order valence-electron chi connectivity index (χ2n) is 4.57. The van der Waals surface area contributed by atoms with E-state index in [0.717, 1.165) is 10.2 Å². The minimum Gasteiger partial charge on any atom is -0.480 e. The minimum absolute atomic E-state index is 0.0505. The molecule has 0 radical (unpaired) electrons. The predicted octanol–water partition coefficient (Wildman–Crippen LogP) is 3.24. The lowest BCUT2D eigenvalue weighted by Gasteiger charge is -2.07. The smallest absolute Gasteiger partial charge is 0.262 e. The average Bonchev–Trinajstić information content (AvgIpc) is 2.88. The fourth-order valence-electron chi connectivity index (χ4n) is 1.58. The first-order valence-electron chi connectivity index (χ1n) is 6.27. The van der Waals surface area contributed by atoms with Gasteiger partial charge in [0.2, 0.25) is 0 Å². The first-order valence-corrected chi connectivity index (χ1v) is 7.07. The number of anilines is 1. The van der Waals surface area contributed by atoms with Crippen molar-refractivity contribution < 1.29 is 9.53 Å². The average molecular weight is 338 g/mol. The van der Waals surface area contributed by atoms with E-state index >= 15 is 0 Å². The van der Waals surface area contributed by atoms with E-state index in [2.05, 4.69) is 26.3 Å². The maximum Gasteiger partial charge on any atom is 0.262 e. The Balaban J connectivity index is 1.87. The SMILES string of the molecule is CC(C)n1cc(OCC(=O)Nc2ccccc2Br)cn1. The summed E-state index contributed by atoms with van der Waals surface area (Å²) in [6.07, 6.45) is 3.38. The van der Waals surface area contributed by atoms with Gasteiger partial charge in [0.1, 0.15) is 0 Å². The van der Waals surface area contributed by atoms with Gasteiger partial charge in [0.05, 0.1) is 18.1 Å². The Morgan fingerprint density at radius 1 is 1.45 bits per heavy atom. The predicted molar refractivity (Wildman–Crippen MR) is 80.9 cm³/mol. The van der Waals surface area contributed by atoms with E-state index in [1.54, 1.807) is 17.1 Å². The number of halogens is 1. The molecule has 0 bridgehead atoms. The highest BCUT2D eigenvalue weighted by atomic mass is 79.9. The van der Waals surface area contributed by atoms with Gasteiger partial charge in [-0.1, -0.05) is 12.1 Å². The van der Waals surface area contributed by atoms with Gasteiger partial charge in [0.15, 0.2) is 12.4 Å². The summed E-state index contributed by atoms with van der Waals surface area (Å²) in [5.74, 6) is 0.371. The van der Waals surface area contributed by atoms with Crippen molar-refractivity contribution in [3.05, 3.63) is 41.1 Å². The van der Waals surface area contributed by atoms with Crippen LogP contribution < -0.4 is 10.1 Å². The highest BCUT2D eigenvalue weighted by molar-refractivity contribution is 9.10. The molecule has 0 saturated carbocycles. The van der Waals surface area contributed by atoms with Gasteiger partial charge < -0.3 is 10.1 Å². The summed E-state index contributed by atoms with van der Waals surface area (Å²) >= 11 is 3.37. The molecule has 0 aliphatic carbocycles. The fourth-order valence-corrected chi connectivity index (χ4v) is 1.96. The lowest BCUT2D eigenvalue weighted by Crippen LogP contribution is -2.20. The molecule has 1 N–H and O–H groups in total. The summed E-state index contributed by atoms with van der Waals surface area (Å²) in [6, 6.07) is 7.69. The number of hydrogen-bond donors (Lipinski definition) is 1. The zero-order valence-corrected chi connectivity index (χ0v) is 12.9. The second kappa shape index (κ2) is 6.56. The fraction of sp³-hybridized carbons (Fsp3) is 0.286. The number of amides is 1. The summed E-state index contributed by atoms with van der Waals surface area (Å²) in [5, 5.41) is 6.92. The molecule has 0 atom stereocenters. The summed E-state index contributed by atoms with van der Waals surface area (Å²) < 4.78 is 8.01. The molecule has 2 aromatic rings. The van der Waals surface area contributed by atoms with Crippen molar-refractivity contribution in [1.82, 2.24) is 9.78 Å². The van der Waals surface area contributed by atoms with Crippen molar-refractivity contribution in [2.75, 3.05) is 11.9 Å². The normalized spacial score (nSPS) is 10.6. The maximum absolute atomic E-state index is 11.8. The van der Waals surface area contributed by atoms with Crippen LogP contribution in [0.1, 0.15) is 19.9 Å². The molecule has 0 unspecified atom stereocenters. The molecule has 0 saturated heterocycles. The second-order valence-corrected chi connectivity index (χ2v) is 5.42. The van der Waals surface area contributed by atoms with E-state index in [1.807, 2.05) is 38.1 Å². The number of aromatic nitrogens is 2. The topological polar surface area (TPSA) is 56.1 Å². The van der Waals surface area contributed by atoms with E-state index in [4.69, 9.17) is 4.74 Å². The summed E-state index contributed by atoms with van der Waals surface area (Å²) in [7, 11) is 0. The van der Waals surface area contributed by atoms with Crippen molar-refractivity contribution in [2.24, 2.45) is 0 Å². The van der Waals surface area contributed by atoms with Gasteiger partial charge in [0.25, 0.3) is 5.91 Å². The lowest BCUT2D eigenvalue weighted by atomic mass is 10.3. The summed E-state index contributed by atoms with van der Waals surface area (Å²) in [5.41, 5.74) is 0.721. The van der Waals surface area contributed by atoms with E-state index in [1.165, 1.54) is 0 Å². The Bertz CT molecular complexity index is 596. The van der Waals surface area contributed by atoms with Gasteiger partial charge in [0, 0.05) is 10.5 Å². The highest BCUT2D eigenvalue weighted by Gasteiger charge is 2.07. The van der Waals surface area contributed by atoms with Crippen LogP contribution in [-0.2, 0) is 4.79 Å². The molecular formula is C14H16BrN3O2. The van der Waals surface area contributed by atoms with Crippen molar-refractivity contribution in [3.8, 4) is 5.75 Å². The van der Waals surface area contributed by atoms with Crippen LogP contribution in [0.3, 0.4) is 0 Å². The minimum atomic E-state index is -0.214. The van der Waals surface area contributed by atoms with Crippen LogP contribution in [0.2, 0.25) is 0 Å². The molecule has 1 heterocycles. The molecule has 0 fully saturated rings. The van der Waals surface area contributed by atoms with Crippen LogP contribution in [0.4, 0.5) is 5.69 Å². The Labute approximate surface area is 126 Å². The number of ether oxygens (including phenoxy) is 1. The summed E-state index contributed by atoms with van der Waals surface area (Å²) in [4.78, 5) is 11.8. The van der Waals surface area contributed by atoms with Crippen LogP contribution in [0.15, 0.2) is 41.1 Å². The number of carbonyl (C=O) groups is 1. The Kier molecular flexibility index (Phi) is 4.79. The van der Waals surface area contributed by atoms with Gasteiger partial charge in [-0.3, -0.25) is 9.48 Å². The molecule has 106 valence electrons. The van der Waals surface area contributed by atoms with E-state index in [-0.39, 0.29) is 18.6 Å². The third kappa shape index (κ3) is 3.84. The number of nitrogens with one attached hydrogen (secondary N) is 1. The Morgan fingerprint density at radius 3 is 2.85 bits per heavy atom. The van der Waals surface area contributed by atoms with Crippen LogP contribution in [0.5, 0.6) is 5.75 Å². The third-order valence-corrected chi connectivity index (χ3v) is 3.32. The number of hydrogen-bond acceptors (Lipinski definition) is 3. The Hall–Kier alpha value is -1.82. The van der Waals surface area contributed by atoms with Crippen LogP contribution in [-0.4, -0.2) is 22.3 Å². The first kappa shape index (κ1) is 14.6. The monoisotopic (exact) mass is 337 g/mol. The van der Waals surface area contributed by atoms with Crippen LogP contribution >= 0.6 is 15.9 Å². The molecule has 20 heavy (non-hydrogen) atoms. The van der Waals surface area contributed by atoms with Crippen molar-refractivity contribution in [3.63, 3.8) is 0 Å². The molecule has 0 aliphatic heterocycles. The number of para-hydroxylation sites is 1. The molecule has 1 aromatic carbocycles. The molecule has 5 nitrogen and oxygen atoms in total. The van der Waals surface area contributed by atoms with E-state index in [9.17, 15) is 4.79 Å². The maximum atomic E-state index is 11.8. The number of carbonyl (C=O) groups excluding carboxylic acids is 1. The molecule has 1 aromatic heterocycles. The molecule has 0 aliphatic rings. The van der Waals surface area contributed by atoms with Gasteiger partial charge in [-0.25, -0.2) is 0 Å². The quantitative estimate of drug-likeness (QED) is 0.911. The number of rotatable bonds is 5. The zero-order chi connectivity index (χ0) is 14.5. The van der Waals surface area contributed by atoms with Gasteiger partial charge in [-0.2, -0.15) is 5.10 Å². The molecule has 2 rings (SSSR count). The summed E-state index contributed by atoms with van der Waals surface area (Å²) in [6.45, 7) is 4.00. The van der Waals surface area contributed by atoms with Gasteiger partial charge in [-0.15, -0.1) is 0 Å². The van der Waals surface area contributed by atoms with Crippen molar-refractivity contribution in [2.45, 2.75) is 19.9 Å². The van der Waals surface area contributed by atoms with Crippen LogP contribution in [0, 0.1) is 0 Å². The van der Waals surface area contributed by atoms with Gasteiger partial charge >= 0.3 is 0 Å². The van der Waals surface area contributed by atoms with E-state index < -0.39 is 0 Å². The zero-order valence-electron chi connectivity index (χ0n) is 11.3. The Morgan fingerprint density at radius 2 is 2.20 bits per heavy atom. The largest absolute Gasteiger partial charge is 0.480 e. The highest BCUT2D eigenvalue weighted by Crippen LogP contribution is 2.21. The lowest BCUT2D eigenvalue weighted by molar-refractivity contribution is -0.118. The standard InChI is InChI=1S/C14H16BrN3O2/c1-10(2)18-8-11(7-16-18)20-9-14(19)17-13-6-4-3-5-12(13)15/h3-8,10H,9H2,1-2H3,(H,17,19). The molecule has 1 amide bonds. The van der Waals surface area contributed by atoms with Crippen molar-refractivity contribution >= 4 is 27.5 Å². The van der Waals surface area contributed by atoms with Crippen LogP contribution in [0.25, 0.3) is 0 Å². The number of benzene rings is 1. The molecular weight excluding hydrogens is 322 g/mol. The first-order chi connectivity index (χ1) is 9.56. The third-order valence-electron chi connectivity index (χ3n) is 2.62. The van der Waals surface area contributed by atoms with E-state index in [0.29, 0.717) is 5.75 Å². The van der Waals surface area contributed by atoms with Gasteiger partial charge in [-0.05, 0) is 41.9 Å². The molecule has 6 heteroatoms.